The summed E-state index contributed by atoms with van der Waals surface area (Å²) < 4.78 is 1.87. The fourth-order valence-electron chi connectivity index (χ4n) is 1.86. The highest BCUT2D eigenvalue weighted by atomic mass is 35.5. The molecule has 90 valence electrons. The van der Waals surface area contributed by atoms with Gasteiger partial charge in [0, 0.05) is 17.3 Å². The van der Waals surface area contributed by atoms with Gasteiger partial charge in [-0.05, 0) is 44.0 Å². The van der Waals surface area contributed by atoms with Crippen LogP contribution < -0.4 is 0 Å². The van der Waals surface area contributed by atoms with Gasteiger partial charge in [0.1, 0.15) is 0 Å². The third-order valence-electron chi connectivity index (χ3n) is 2.67. The lowest BCUT2D eigenvalue weighted by Gasteiger charge is -2.07. The maximum Gasteiger partial charge on any atom is 0.154 e. The Bertz CT molecular complexity index is 509. The quantitative estimate of drug-likeness (QED) is 0.783. The Morgan fingerprint density at radius 2 is 2.00 bits per heavy atom. The standard InChI is InChI=1S/C13H16ClN3/c1-4-12-6-11(8-14)7-13(15-12)17-10(3)5-9(2)16-17/h5-7H,4,8H2,1-3H3. The molecule has 2 aromatic heterocycles. The van der Waals surface area contributed by atoms with Crippen LogP contribution in [0.5, 0.6) is 0 Å². The van der Waals surface area contributed by atoms with Gasteiger partial charge in [-0.25, -0.2) is 9.67 Å². The first kappa shape index (κ1) is 12.1. The summed E-state index contributed by atoms with van der Waals surface area (Å²) in [5.74, 6) is 1.35. The molecule has 0 spiro atoms. The third-order valence-corrected chi connectivity index (χ3v) is 2.98. The molecule has 0 radical (unpaired) electrons. The number of halogens is 1. The zero-order chi connectivity index (χ0) is 12.4. The molecule has 17 heavy (non-hydrogen) atoms. The van der Waals surface area contributed by atoms with Crippen LogP contribution in [0.1, 0.15) is 29.6 Å². The van der Waals surface area contributed by atoms with Crippen molar-refractivity contribution in [3.05, 3.63) is 40.8 Å². The summed E-state index contributed by atoms with van der Waals surface area (Å²) >= 11 is 5.90. The van der Waals surface area contributed by atoms with E-state index < -0.39 is 0 Å². The largest absolute Gasteiger partial charge is 0.234 e. The molecule has 0 unspecified atom stereocenters. The summed E-state index contributed by atoms with van der Waals surface area (Å²) in [5.41, 5.74) is 4.22. The van der Waals surface area contributed by atoms with E-state index in [0.29, 0.717) is 5.88 Å². The van der Waals surface area contributed by atoms with Crippen molar-refractivity contribution in [3.63, 3.8) is 0 Å². The van der Waals surface area contributed by atoms with E-state index >= 15 is 0 Å². The Balaban J connectivity index is 2.54. The van der Waals surface area contributed by atoms with Crippen molar-refractivity contribution in [1.29, 1.82) is 0 Å². The minimum absolute atomic E-state index is 0.502. The van der Waals surface area contributed by atoms with Crippen LogP contribution in [0, 0.1) is 13.8 Å². The number of aryl methyl sites for hydroxylation is 3. The van der Waals surface area contributed by atoms with Gasteiger partial charge >= 0.3 is 0 Å². The molecule has 3 nitrogen and oxygen atoms in total. The van der Waals surface area contributed by atoms with Crippen LogP contribution in [0.25, 0.3) is 5.82 Å². The van der Waals surface area contributed by atoms with Crippen molar-refractivity contribution >= 4 is 11.6 Å². The van der Waals surface area contributed by atoms with E-state index in [-0.39, 0.29) is 0 Å². The predicted octanol–water partition coefficient (Wildman–Crippen LogP) is 3.19. The molecule has 2 heterocycles. The van der Waals surface area contributed by atoms with Crippen LogP contribution in [0.4, 0.5) is 0 Å². The lowest BCUT2D eigenvalue weighted by atomic mass is 10.2. The van der Waals surface area contributed by atoms with E-state index in [1.165, 1.54) is 0 Å². The zero-order valence-electron chi connectivity index (χ0n) is 10.4. The van der Waals surface area contributed by atoms with E-state index in [2.05, 4.69) is 17.0 Å². The molecule has 0 aliphatic heterocycles. The molecule has 2 rings (SSSR count). The van der Waals surface area contributed by atoms with Crippen molar-refractivity contribution in [2.75, 3.05) is 0 Å². The van der Waals surface area contributed by atoms with E-state index in [4.69, 9.17) is 11.6 Å². The summed E-state index contributed by atoms with van der Waals surface area (Å²) in [7, 11) is 0. The molecule has 0 N–H and O–H groups in total. The van der Waals surface area contributed by atoms with Crippen molar-refractivity contribution in [2.45, 2.75) is 33.1 Å². The molecular formula is C13H16ClN3. The van der Waals surface area contributed by atoms with Gasteiger partial charge in [0.25, 0.3) is 0 Å². The van der Waals surface area contributed by atoms with E-state index in [9.17, 15) is 0 Å². The molecule has 0 saturated carbocycles. The number of aromatic nitrogens is 3. The molecule has 0 amide bonds. The van der Waals surface area contributed by atoms with Crippen LogP contribution in [-0.2, 0) is 12.3 Å². The number of alkyl halides is 1. The van der Waals surface area contributed by atoms with Gasteiger partial charge in [0.05, 0.1) is 5.69 Å². The highest BCUT2D eigenvalue weighted by molar-refractivity contribution is 6.17. The average Bonchev–Trinajstić information content (AvgIpc) is 2.67. The van der Waals surface area contributed by atoms with E-state index in [0.717, 1.165) is 34.9 Å². The summed E-state index contributed by atoms with van der Waals surface area (Å²) in [6.45, 7) is 6.10. The van der Waals surface area contributed by atoms with Gasteiger partial charge in [-0.1, -0.05) is 6.92 Å². The molecule has 0 aromatic carbocycles. The summed E-state index contributed by atoms with van der Waals surface area (Å²) in [6, 6.07) is 6.08. The normalized spacial score (nSPS) is 10.8. The third kappa shape index (κ3) is 2.50. The molecular weight excluding hydrogens is 234 g/mol. The maximum absolute atomic E-state index is 5.90. The Hall–Kier alpha value is -1.35. The average molecular weight is 250 g/mol. The lowest BCUT2D eigenvalue weighted by molar-refractivity contribution is 0.794. The SMILES string of the molecule is CCc1cc(CCl)cc(-n2nc(C)cc2C)n1. The van der Waals surface area contributed by atoms with Gasteiger partial charge in [-0.3, -0.25) is 0 Å². The molecule has 4 heteroatoms. The molecule has 0 saturated heterocycles. The fourth-order valence-corrected chi connectivity index (χ4v) is 2.02. The fraction of sp³-hybridized carbons (Fsp3) is 0.385. The van der Waals surface area contributed by atoms with Gasteiger partial charge < -0.3 is 0 Å². The van der Waals surface area contributed by atoms with Gasteiger partial charge in [0.15, 0.2) is 5.82 Å². The number of hydrogen-bond acceptors (Lipinski definition) is 2. The Labute approximate surface area is 106 Å². The number of rotatable bonds is 3. The van der Waals surface area contributed by atoms with Crippen LogP contribution in [-0.4, -0.2) is 14.8 Å². The van der Waals surface area contributed by atoms with Crippen LogP contribution in [0.2, 0.25) is 0 Å². The monoisotopic (exact) mass is 249 g/mol. The van der Waals surface area contributed by atoms with Crippen molar-refractivity contribution < 1.29 is 0 Å². The molecule has 0 aliphatic rings. The smallest absolute Gasteiger partial charge is 0.154 e. The minimum atomic E-state index is 0.502. The minimum Gasteiger partial charge on any atom is -0.234 e. The molecule has 0 fully saturated rings. The lowest BCUT2D eigenvalue weighted by Crippen LogP contribution is -2.05. The first-order valence-electron chi connectivity index (χ1n) is 5.73. The van der Waals surface area contributed by atoms with Crippen molar-refractivity contribution in [3.8, 4) is 5.82 Å². The molecule has 0 bridgehead atoms. The summed E-state index contributed by atoms with van der Waals surface area (Å²) in [4.78, 5) is 4.59. The number of hydrogen-bond donors (Lipinski definition) is 0. The van der Waals surface area contributed by atoms with Crippen LogP contribution in [0.15, 0.2) is 18.2 Å². The van der Waals surface area contributed by atoms with Gasteiger partial charge in [0.2, 0.25) is 0 Å². The van der Waals surface area contributed by atoms with E-state index in [1.54, 1.807) is 0 Å². The highest BCUT2D eigenvalue weighted by Crippen LogP contribution is 2.15. The highest BCUT2D eigenvalue weighted by Gasteiger charge is 2.07. The first-order valence-corrected chi connectivity index (χ1v) is 6.27. The molecule has 2 aromatic rings. The molecule has 0 atom stereocenters. The predicted molar refractivity (Wildman–Crippen MR) is 69.8 cm³/mol. The van der Waals surface area contributed by atoms with Crippen molar-refractivity contribution in [1.82, 2.24) is 14.8 Å². The number of pyridine rings is 1. The number of nitrogens with zero attached hydrogens (tertiary/aromatic N) is 3. The van der Waals surface area contributed by atoms with Crippen molar-refractivity contribution in [2.24, 2.45) is 0 Å². The Morgan fingerprint density at radius 1 is 1.24 bits per heavy atom. The summed E-state index contributed by atoms with van der Waals surface area (Å²) in [6.07, 6.45) is 0.900. The Kier molecular flexibility index (Phi) is 3.48. The first-order chi connectivity index (χ1) is 8.13. The van der Waals surface area contributed by atoms with E-state index in [1.807, 2.05) is 36.7 Å². The Morgan fingerprint density at radius 3 is 2.53 bits per heavy atom. The summed E-state index contributed by atoms with van der Waals surface area (Å²) in [5, 5.41) is 4.44. The zero-order valence-corrected chi connectivity index (χ0v) is 11.1. The second-order valence-corrected chi connectivity index (χ2v) is 4.42. The second-order valence-electron chi connectivity index (χ2n) is 4.15. The maximum atomic E-state index is 5.90. The topological polar surface area (TPSA) is 30.7 Å². The van der Waals surface area contributed by atoms with Gasteiger partial charge in [-0.2, -0.15) is 5.10 Å². The van der Waals surface area contributed by atoms with Crippen LogP contribution in [0.3, 0.4) is 0 Å². The van der Waals surface area contributed by atoms with Crippen LogP contribution >= 0.6 is 11.6 Å². The molecule has 0 aliphatic carbocycles. The van der Waals surface area contributed by atoms with Gasteiger partial charge in [-0.15, -0.1) is 11.6 Å². The second kappa shape index (κ2) is 4.88.